The second-order valence-electron chi connectivity index (χ2n) is 6.02. The fraction of sp³-hybridized carbons (Fsp3) is 0. The van der Waals surface area contributed by atoms with Crippen LogP contribution in [0.2, 0.25) is 0 Å². The minimum atomic E-state index is -0.651. The van der Waals surface area contributed by atoms with Crippen LogP contribution >= 0.6 is 0 Å². The van der Waals surface area contributed by atoms with E-state index in [9.17, 15) is 18.4 Å². The van der Waals surface area contributed by atoms with Gasteiger partial charge in [-0.15, -0.1) is 0 Å². The first-order valence-electron chi connectivity index (χ1n) is 8.26. The van der Waals surface area contributed by atoms with Crippen LogP contribution in [0.5, 0.6) is 0 Å². The lowest BCUT2D eigenvalue weighted by Crippen LogP contribution is -2.13. The van der Waals surface area contributed by atoms with E-state index in [-0.39, 0.29) is 16.7 Å². The second-order valence-corrected chi connectivity index (χ2v) is 6.02. The molecule has 1 heterocycles. The van der Waals surface area contributed by atoms with Gasteiger partial charge in [-0.1, -0.05) is 42.5 Å². The van der Waals surface area contributed by atoms with Crippen LogP contribution in [-0.4, -0.2) is 16.3 Å². The van der Waals surface area contributed by atoms with Crippen LogP contribution in [0.25, 0.3) is 10.9 Å². The Morgan fingerprint density at radius 2 is 1.22 bits per heavy atom. The number of nitrogens with zero attached hydrogens (tertiary/aromatic N) is 1. The molecule has 132 valence electrons. The van der Waals surface area contributed by atoms with Crippen molar-refractivity contribution in [3.8, 4) is 0 Å². The molecule has 1 aromatic heterocycles. The van der Waals surface area contributed by atoms with Crippen LogP contribution in [0, 0.1) is 11.6 Å². The average Bonchev–Trinajstić information content (AvgIpc) is 3.07. The molecule has 0 fully saturated rings. The molecule has 27 heavy (non-hydrogen) atoms. The van der Waals surface area contributed by atoms with Gasteiger partial charge in [0.05, 0.1) is 16.6 Å². The maximum Gasteiger partial charge on any atom is 0.265 e. The van der Waals surface area contributed by atoms with Gasteiger partial charge < -0.3 is 0 Å². The Morgan fingerprint density at radius 1 is 0.667 bits per heavy atom. The molecular weight excluding hydrogens is 348 g/mol. The minimum Gasteiger partial charge on any atom is -0.288 e. The first kappa shape index (κ1) is 16.8. The number of carbonyl (C=O) groups is 2. The summed E-state index contributed by atoms with van der Waals surface area (Å²) in [5.74, 6) is -2.43. The number of aromatic nitrogens is 1. The molecule has 0 aliphatic carbocycles. The van der Waals surface area contributed by atoms with Crippen LogP contribution in [0.4, 0.5) is 8.78 Å². The summed E-state index contributed by atoms with van der Waals surface area (Å²) in [6.07, 6.45) is 1.34. The van der Waals surface area contributed by atoms with Crippen LogP contribution in [0.1, 0.15) is 26.3 Å². The van der Waals surface area contributed by atoms with E-state index in [1.165, 1.54) is 47.2 Å². The Bertz CT molecular complexity index is 1100. The molecule has 0 aliphatic rings. The zero-order valence-corrected chi connectivity index (χ0v) is 14.0. The van der Waals surface area contributed by atoms with Crippen LogP contribution < -0.4 is 0 Å². The lowest BCUT2D eigenvalue weighted by atomic mass is 10.0. The normalized spacial score (nSPS) is 10.9. The molecule has 4 aromatic rings. The summed E-state index contributed by atoms with van der Waals surface area (Å²) in [7, 11) is 0. The van der Waals surface area contributed by atoms with Crippen LogP contribution in [0.3, 0.4) is 0 Å². The van der Waals surface area contributed by atoms with Gasteiger partial charge in [-0.25, -0.2) is 8.78 Å². The fourth-order valence-electron chi connectivity index (χ4n) is 3.08. The molecule has 0 spiro atoms. The van der Waals surface area contributed by atoms with Gasteiger partial charge in [-0.2, -0.15) is 0 Å². The zero-order valence-electron chi connectivity index (χ0n) is 14.0. The molecule has 4 rings (SSSR count). The van der Waals surface area contributed by atoms with Crippen molar-refractivity contribution >= 4 is 22.6 Å². The van der Waals surface area contributed by atoms with Gasteiger partial charge in [0.15, 0.2) is 5.78 Å². The Labute approximate surface area is 153 Å². The number of fused-ring (bicyclic) bond motifs is 1. The lowest BCUT2D eigenvalue weighted by Gasteiger charge is -2.05. The number of para-hydroxylation sites is 1. The summed E-state index contributed by atoms with van der Waals surface area (Å²) in [5.41, 5.74) is 0.438. The molecule has 0 amide bonds. The predicted molar refractivity (Wildman–Crippen MR) is 97.9 cm³/mol. The quantitative estimate of drug-likeness (QED) is 0.490. The first-order chi connectivity index (χ1) is 13.1. The highest BCUT2D eigenvalue weighted by atomic mass is 19.1. The van der Waals surface area contributed by atoms with E-state index in [4.69, 9.17) is 0 Å². The fourth-order valence-corrected chi connectivity index (χ4v) is 3.08. The van der Waals surface area contributed by atoms with Crippen molar-refractivity contribution in [2.24, 2.45) is 0 Å². The Hall–Kier alpha value is -3.60. The Morgan fingerprint density at radius 3 is 1.89 bits per heavy atom. The highest BCUT2D eigenvalue weighted by Crippen LogP contribution is 2.26. The molecule has 0 bridgehead atoms. The van der Waals surface area contributed by atoms with Crippen molar-refractivity contribution in [3.05, 3.63) is 107 Å². The zero-order chi connectivity index (χ0) is 19.0. The number of ketones is 1. The maximum atomic E-state index is 14.1. The highest BCUT2D eigenvalue weighted by molar-refractivity contribution is 6.18. The topological polar surface area (TPSA) is 39.1 Å². The van der Waals surface area contributed by atoms with Crippen LogP contribution in [0.15, 0.2) is 79.0 Å². The van der Waals surface area contributed by atoms with Gasteiger partial charge in [0.1, 0.15) is 11.6 Å². The van der Waals surface area contributed by atoms with E-state index in [0.717, 1.165) is 0 Å². The molecular formula is C22H13F2NO2. The van der Waals surface area contributed by atoms with Crippen molar-refractivity contribution < 1.29 is 18.4 Å². The summed E-state index contributed by atoms with van der Waals surface area (Å²) in [6.45, 7) is 0. The van der Waals surface area contributed by atoms with Gasteiger partial charge in [0.25, 0.3) is 5.91 Å². The molecule has 5 heteroatoms. The summed E-state index contributed by atoms with van der Waals surface area (Å²) in [5, 5.41) is 0.496. The van der Waals surface area contributed by atoms with Crippen molar-refractivity contribution in [3.63, 3.8) is 0 Å². The number of halogens is 2. The van der Waals surface area contributed by atoms with E-state index in [0.29, 0.717) is 10.9 Å². The molecule has 3 aromatic carbocycles. The Balaban J connectivity index is 1.90. The van der Waals surface area contributed by atoms with E-state index in [1.807, 2.05) is 0 Å². The van der Waals surface area contributed by atoms with E-state index < -0.39 is 23.3 Å². The molecule has 0 N–H and O–H groups in total. The lowest BCUT2D eigenvalue weighted by molar-refractivity contribution is 0.0961. The van der Waals surface area contributed by atoms with E-state index in [2.05, 4.69) is 0 Å². The largest absolute Gasteiger partial charge is 0.288 e. The first-order valence-corrected chi connectivity index (χ1v) is 8.26. The van der Waals surface area contributed by atoms with E-state index >= 15 is 0 Å². The monoisotopic (exact) mass is 361 g/mol. The predicted octanol–water partition coefficient (Wildman–Crippen LogP) is 4.84. The van der Waals surface area contributed by atoms with Crippen molar-refractivity contribution in [1.29, 1.82) is 0 Å². The second kappa shape index (κ2) is 6.61. The number of hydrogen-bond acceptors (Lipinski definition) is 2. The third kappa shape index (κ3) is 2.83. The molecule has 0 unspecified atom stereocenters. The third-order valence-electron chi connectivity index (χ3n) is 4.40. The molecule has 3 nitrogen and oxygen atoms in total. The summed E-state index contributed by atoms with van der Waals surface area (Å²) in [4.78, 5) is 25.7. The molecule has 0 saturated carbocycles. The molecule has 0 saturated heterocycles. The van der Waals surface area contributed by atoms with Crippen LogP contribution in [-0.2, 0) is 0 Å². The smallest absolute Gasteiger partial charge is 0.265 e. The number of benzene rings is 3. The minimum absolute atomic E-state index is 0.0845. The number of carbonyl (C=O) groups excluding carboxylic acids is 2. The number of rotatable bonds is 3. The molecule has 0 atom stereocenters. The molecule has 0 aliphatic heterocycles. The van der Waals surface area contributed by atoms with E-state index in [1.54, 1.807) is 36.4 Å². The third-order valence-corrected chi connectivity index (χ3v) is 4.40. The Kier molecular flexibility index (Phi) is 4.12. The van der Waals surface area contributed by atoms with Gasteiger partial charge in [-0.3, -0.25) is 14.2 Å². The van der Waals surface area contributed by atoms with Gasteiger partial charge in [-0.05, 0) is 30.3 Å². The molecule has 0 radical (unpaired) electrons. The van der Waals surface area contributed by atoms with Gasteiger partial charge in [0.2, 0.25) is 0 Å². The van der Waals surface area contributed by atoms with Crippen molar-refractivity contribution in [1.82, 2.24) is 4.57 Å². The summed E-state index contributed by atoms with van der Waals surface area (Å²) in [6, 6.07) is 18.1. The van der Waals surface area contributed by atoms with Gasteiger partial charge >= 0.3 is 0 Å². The van der Waals surface area contributed by atoms with Crippen molar-refractivity contribution in [2.45, 2.75) is 0 Å². The highest BCUT2D eigenvalue weighted by Gasteiger charge is 2.22. The SMILES string of the molecule is O=C(c1ccccc1F)c1cn(C(=O)c2ccccc2F)c2ccccc12. The summed E-state index contributed by atoms with van der Waals surface area (Å²) >= 11 is 0. The average molecular weight is 361 g/mol. The number of hydrogen-bond donors (Lipinski definition) is 0. The standard InChI is InChI=1S/C22H13F2NO2/c23-18-10-4-1-8-15(18)21(26)17-13-25(20-12-6-3-7-14(17)20)22(27)16-9-2-5-11-19(16)24/h1-13H. The maximum absolute atomic E-state index is 14.1. The summed E-state index contributed by atoms with van der Waals surface area (Å²) < 4.78 is 29.3. The van der Waals surface area contributed by atoms with Gasteiger partial charge in [0, 0.05) is 17.1 Å². The van der Waals surface area contributed by atoms with Crippen molar-refractivity contribution in [2.75, 3.05) is 0 Å².